The molecule has 0 aliphatic carbocycles. The maximum absolute atomic E-state index is 12.9. The molecule has 2 rings (SSSR count). The number of guanidine groups is 1. The molecular formula is C19H30FIN4OS. The summed E-state index contributed by atoms with van der Waals surface area (Å²) in [6.07, 6.45) is 3.69. The molecule has 1 fully saturated rings. The molecule has 1 heterocycles. The summed E-state index contributed by atoms with van der Waals surface area (Å²) in [7, 11) is 0. The van der Waals surface area contributed by atoms with Crippen LogP contribution in [0.3, 0.4) is 0 Å². The second kappa shape index (κ2) is 14.0. The number of carbonyl (C=O) groups excluding carboxylic acids is 1. The van der Waals surface area contributed by atoms with Crippen molar-refractivity contribution in [2.75, 3.05) is 38.5 Å². The van der Waals surface area contributed by atoms with Crippen LogP contribution >= 0.6 is 35.7 Å². The number of thioether (sulfide) groups is 1. The van der Waals surface area contributed by atoms with Crippen molar-refractivity contribution in [1.82, 2.24) is 15.5 Å². The molecule has 0 radical (unpaired) electrons. The van der Waals surface area contributed by atoms with Crippen LogP contribution in [0, 0.1) is 5.82 Å². The number of halogens is 2. The first-order chi connectivity index (χ1) is 12.7. The van der Waals surface area contributed by atoms with Gasteiger partial charge in [-0.3, -0.25) is 9.79 Å². The zero-order valence-corrected chi connectivity index (χ0v) is 19.0. The lowest BCUT2D eigenvalue weighted by Gasteiger charge is -2.16. The van der Waals surface area contributed by atoms with Gasteiger partial charge in [-0.25, -0.2) is 4.39 Å². The average Bonchev–Trinajstić information content (AvgIpc) is 3.17. The number of benzene rings is 1. The summed E-state index contributed by atoms with van der Waals surface area (Å²) in [5, 5.41) is 6.44. The quantitative estimate of drug-likeness (QED) is 0.176. The van der Waals surface area contributed by atoms with Crippen molar-refractivity contribution in [3.63, 3.8) is 0 Å². The Balaban J connectivity index is 0.00000364. The van der Waals surface area contributed by atoms with Crippen molar-refractivity contribution < 1.29 is 9.18 Å². The van der Waals surface area contributed by atoms with Crippen molar-refractivity contribution in [2.45, 2.75) is 37.5 Å². The molecule has 27 heavy (non-hydrogen) atoms. The van der Waals surface area contributed by atoms with Gasteiger partial charge in [-0.1, -0.05) is 0 Å². The molecule has 0 spiro atoms. The summed E-state index contributed by atoms with van der Waals surface area (Å²) >= 11 is 1.70. The zero-order valence-electron chi connectivity index (χ0n) is 15.9. The second-order valence-electron chi connectivity index (χ2n) is 6.18. The van der Waals surface area contributed by atoms with Crippen LogP contribution in [0.4, 0.5) is 4.39 Å². The summed E-state index contributed by atoms with van der Waals surface area (Å²) in [5.74, 6) is 1.71. The predicted molar refractivity (Wildman–Crippen MR) is 122 cm³/mol. The largest absolute Gasteiger partial charge is 0.357 e. The van der Waals surface area contributed by atoms with E-state index >= 15 is 0 Å². The lowest BCUT2D eigenvalue weighted by molar-refractivity contribution is -0.129. The molecule has 0 atom stereocenters. The Morgan fingerprint density at radius 3 is 2.59 bits per heavy atom. The fraction of sp³-hybridized carbons (Fsp3) is 0.579. The van der Waals surface area contributed by atoms with E-state index in [1.54, 1.807) is 23.9 Å². The van der Waals surface area contributed by atoms with Gasteiger partial charge in [-0.15, -0.1) is 35.7 Å². The third-order valence-corrected chi connectivity index (χ3v) is 5.19. The molecule has 1 aliphatic heterocycles. The van der Waals surface area contributed by atoms with Gasteiger partial charge in [0.1, 0.15) is 5.82 Å². The van der Waals surface area contributed by atoms with Crippen LogP contribution in [-0.2, 0) is 4.79 Å². The smallest absolute Gasteiger partial charge is 0.224 e. The Kier molecular flexibility index (Phi) is 12.5. The van der Waals surface area contributed by atoms with Crippen molar-refractivity contribution in [2.24, 2.45) is 4.99 Å². The molecule has 1 amide bonds. The van der Waals surface area contributed by atoms with Crippen molar-refractivity contribution in [1.29, 1.82) is 0 Å². The summed E-state index contributed by atoms with van der Waals surface area (Å²) < 4.78 is 12.9. The van der Waals surface area contributed by atoms with E-state index in [4.69, 9.17) is 0 Å². The molecule has 0 bridgehead atoms. The van der Waals surface area contributed by atoms with Crippen LogP contribution < -0.4 is 10.6 Å². The number of likely N-dealkylation sites (tertiary alicyclic amines) is 1. The summed E-state index contributed by atoms with van der Waals surface area (Å²) in [5.41, 5.74) is 0. The Hall–Kier alpha value is -1.03. The molecule has 0 saturated carbocycles. The fourth-order valence-corrected chi connectivity index (χ4v) is 3.57. The summed E-state index contributed by atoms with van der Waals surface area (Å²) in [4.78, 5) is 19.6. The molecule has 1 aliphatic rings. The Morgan fingerprint density at radius 2 is 1.93 bits per heavy atom. The van der Waals surface area contributed by atoms with E-state index in [0.717, 1.165) is 55.5 Å². The predicted octanol–water partition coefficient (Wildman–Crippen LogP) is 3.49. The Bertz CT molecular complexity index is 580. The van der Waals surface area contributed by atoms with Crippen molar-refractivity contribution in [3.05, 3.63) is 30.1 Å². The van der Waals surface area contributed by atoms with Gasteiger partial charge in [-0.05, 0) is 56.2 Å². The van der Waals surface area contributed by atoms with Crippen LogP contribution in [0.2, 0.25) is 0 Å². The summed E-state index contributed by atoms with van der Waals surface area (Å²) in [6, 6.07) is 6.56. The second-order valence-corrected chi connectivity index (χ2v) is 7.35. The number of aliphatic imine (C=N–C) groups is 1. The van der Waals surface area contributed by atoms with Crippen LogP contribution in [0.15, 0.2) is 34.2 Å². The van der Waals surface area contributed by atoms with E-state index in [-0.39, 0.29) is 35.7 Å². The highest BCUT2D eigenvalue weighted by molar-refractivity contribution is 14.0. The van der Waals surface area contributed by atoms with Gasteiger partial charge in [0.15, 0.2) is 5.96 Å². The molecule has 1 aromatic carbocycles. The number of carbonyl (C=O) groups is 1. The average molecular weight is 508 g/mol. The molecule has 2 N–H and O–H groups in total. The first-order valence-electron chi connectivity index (χ1n) is 9.37. The van der Waals surface area contributed by atoms with Crippen molar-refractivity contribution in [3.8, 4) is 0 Å². The third-order valence-electron chi connectivity index (χ3n) is 4.09. The molecule has 152 valence electrons. The van der Waals surface area contributed by atoms with Crippen molar-refractivity contribution >= 4 is 47.6 Å². The van der Waals surface area contributed by atoms with E-state index in [2.05, 4.69) is 15.6 Å². The highest BCUT2D eigenvalue weighted by Gasteiger charge is 2.17. The minimum Gasteiger partial charge on any atom is -0.357 e. The maximum Gasteiger partial charge on any atom is 0.224 e. The Morgan fingerprint density at radius 1 is 1.22 bits per heavy atom. The van der Waals surface area contributed by atoms with Gasteiger partial charge >= 0.3 is 0 Å². The normalized spacial score (nSPS) is 14.0. The monoisotopic (exact) mass is 508 g/mol. The van der Waals surface area contributed by atoms with Gasteiger partial charge in [0.2, 0.25) is 5.91 Å². The number of rotatable bonds is 9. The van der Waals surface area contributed by atoms with Gasteiger partial charge in [-0.2, -0.15) is 0 Å². The van der Waals surface area contributed by atoms with E-state index < -0.39 is 0 Å². The van der Waals surface area contributed by atoms with E-state index in [0.29, 0.717) is 19.5 Å². The van der Waals surface area contributed by atoms with Crippen LogP contribution in [0.1, 0.15) is 32.6 Å². The minimum absolute atomic E-state index is 0. The van der Waals surface area contributed by atoms with Crippen LogP contribution in [-0.4, -0.2) is 55.2 Å². The van der Waals surface area contributed by atoms with Gasteiger partial charge in [0.25, 0.3) is 0 Å². The highest BCUT2D eigenvalue weighted by atomic mass is 127. The van der Waals surface area contributed by atoms with Crippen LogP contribution in [0.25, 0.3) is 0 Å². The molecule has 8 heteroatoms. The molecule has 1 aromatic rings. The maximum atomic E-state index is 12.9. The molecule has 0 unspecified atom stereocenters. The number of hydrogen-bond donors (Lipinski definition) is 2. The first-order valence-corrected chi connectivity index (χ1v) is 10.4. The first kappa shape index (κ1) is 24.0. The van der Waals surface area contributed by atoms with Gasteiger partial charge in [0, 0.05) is 44.0 Å². The number of nitrogens with one attached hydrogen (secondary N) is 2. The molecule has 0 aromatic heterocycles. The topological polar surface area (TPSA) is 56.7 Å². The lowest BCUT2D eigenvalue weighted by atomic mass is 10.3. The Labute approximate surface area is 183 Å². The van der Waals surface area contributed by atoms with E-state index in [1.807, 2.05) is 11.8 Å². The molecule has 1 saturated heterocycles. The number of hydrogen-bond acceptors (Lipinski definition) is 3. The SMILES string of the molecule is CCNC(=NCCCSc1ccc(F)cc1)NCCC(=O)N1CCCC1.I. The lowest BCUT2D eigenvalue weighted by Crippen LogP contribution is -2.39. The van der Waals surface area contributed by atoms with Gasteiger partial charge in [0.05, 0.1) is 0 Å². The van der Waals surface area contributed by atoms with E-state index in [9.17, 15) is 9.18 Å². The summed E-state index contributed by atoms with van der Waals surface area (Å²) in [6.45, 7) is 5.93. The van der Waals surface area contributed by atoms with Crippen LogP contribution in [0.5, 0.6) is 0 Å². The molecule has 5 nitrogen and oxygen atoms in total. The standard InChI is InChI=1S/C19H29FN4OS.HI/c1-2-21-19(23-12-10-18(25)24-13-3-4-14-24)22-11-5-15-26-17-8-6-16(20)7-9-17;/h6-9H,2-5,10-15H2,1H3,(H2,21,22,23);1H. The number of nitrogens with zero attached hydrogens (tertiary/aromatic N) is 2. The third kappa shape index (κ3) is 9.64. The zero-order chi connectivity index (χ0) is 18.6. The van der Waals surface area contributed by atoms with Gasteiger partial charge < -0.3 is 15.5 Å². The number of amides is 1. The fourth-order valence-electron chi connectivity index (χ4n) is 2.73. The minimum atomic E-state index is -0.205. The highest BCUT2D eigenvalue weighted by Crippen LogP contribution is 2.18. The van der Waals surface area contributed by atoms with E-state index in [1.165, 1.54) is 12.1 Å². The molecular weight excluding hydrogens is 478 g/mol.